The van der Waals surface area contributed by atoms with Gasteiger partial charge in [0.1, 0.15) is 0 Å². The number of hydrogen-bond acceptors (Lipinski definition) is 6. The van der Waals surface area contributed by atoms with Gasteiger partial charge in [0.05, 0.1) is 70.1 Å². The van der Waals surface area contributed by atoms with Crippen LogP contribution in [-0.4, -0.2) is 19.9 Å². The van der Waals surface area contributed by atoms with E-state index in [4.69, 9.17) is 33.1 Å². The molecular weight excluding hydrogens is 472 g/mol. The lowest BCUT2D eigenvalue weighted by atomic mass is 10.0. The summed E-state index contributed by atoms with van der Waals surface area (Å²) in [5.41, 5.74) is 8.45. The van der Waals surface area contributed by atoms with Gasteiger partial charge in [0.2, 0.25) is 0 Å². The lowest BCUT2D eigenvalue weighted by Gasteiger charge is -2.07. The van der Waals surface area contributed by atoms with Crippen LogP contribution in [0.4, 0.5) is 0 Å². The summed E-state index contributed by atoms with van der Waals surface area (Å²) >= 11 is 0. The summed E-state index contributed by atoms with van der Waals surface area (Å²) in [6.07, 6.45) is 0. The molecule has 7 rings (SSSR count). The molecule has 0 saturated heterocycles. The van der Waals surface area contributed by atoms with E-state index in [1.54, 1.807) is 12.1 Å². The van der Waals surface area contributed by atoms with E-state index in [1.165, 1.54) is 0 Å². The second-order valence-electron chi connectivity index (χ2n) is 8.66. The third-order valence-corrected chi connectivity index (χ3v) is 6.74. The summed E-state index contributed by atoms with van der Waals surface area (Å²) in [6.45, 7) is 15.0. The summed E-state index contributed by atoms with van der Waals surface area (Å²) in [4.78, 5) is 26.3. The van der Waals surface area contributed by atoms with E-state index in [0.717, 1.165) is 22.3 Å². The van der Waals surface area contributed by atoms with Crippen LogP contribution in [0.2, 0.25) is 0 Å². The zero-order chi connectivity index (χ0) is 26.0. The number of hydrogen-bond donors (Lipinski definition) is 0. The van der Waals surface area contributed by atoms with Crippen LogP contribution in [0.5, 0.6) is 0 Å². The molecule has 2 aliphatic carbocycles. The van der Waals surface area contributed by atoms with E-state index < -0.39 is 0 Å². The molecule has 170 valence electrons. The van der Waals surface area contributed by atoms with Crippen molar-refractivity contribution < 1.29 is 0 Å². The van der Waals surface area contributed by atoms with Crippen LogP contribution in [0, 0.1) is 35.8 Å². The van der Waals surface area contributed by atoms with E-state index in [1.807, 2.05) is 60.7 Å². The Morgan fingerprint density at radius 3 is 1.24 bits per heavy atom. The van der Waals surface area contributed by atoms with Crippen molar-refractivity contribution in [2.75, 3.05) is 0 Å². The molecule has 3 aromatic carbocycles. The van der Waals surface area contributed by atoms with Crippen LogP contribution in [-0.2, 0) is 0 Å². The number of nitriles is 2. The minimum Gasteiger partial charge on any atom is -0.245 e. The minimum absolute atomic E-state index is 0.0349. The van der Waals surface area contributed by atoms with Gasteiger partial charge >= 0.3 is 0 Å². The van der Waals surface area contributed by atoms with E-state index in [2.05, 4.69) is 9.69 Å². The molecule has 0 aliphatic heterocycles. The van der Waals surface area contributed by atoms with E-state index in [-0.39, 0.29) is 11.4 Å². The SMILES string of the molecule is [C-]#[N+]/C(C#N)=C1/c2ccccc2-c2nc3cc4nc5c(nc4cc3nc21)-c1ccccc1/C5=C(/C#N)[N+]#[C-]. The molecule has 8 heteroatoms. The van der Waals surface area contributed by atoms with Crippen LogP contribution in [0.15, 0.2) is 72.1 Å². The zero-order valence-corrected chi connectivity index (χ0v) is 19.4. The number of rotatable bonds is 0. The van der Waals surface area contributed by atoms with Gasteiger partial charge in [0.15, 0.2) is 0 Å². The molecule has 0 unspecified atom stereocenters. The Hall–Kier alpha value is -6.22. The van der Waals surface area contributed by atoms with Gasteiger partial charge in [-0.1, -0.05) is 48.5 Å². The van der Waals surface area contributed by atoms with Crippen molar-refractivity contribution >= 4 is 33.2 Å². The highest BCUT2D eigenvalue weighted by Gasteiger charge is 2.31. The van der Waals surface area contributed by atoms with Gasteiger partial charge in [-0.3, -0.25) is 0 Å². The molecule has 0 atom stereocenters. The highest BCUT2D eigenvalue weighted by Crippen LogP contribution is 2.46. The van der Waals surface area contributed by atoms with E-state index in [0.29, 0.717) is 56.0 Å². The van der Waals surface area contributed by atoms with Crippen LogP contribution in [0.3, 0.4) is 0 Å². The summed E-state index contributed by atoms with van der Waals surface area (Å²) in [6, 6.07) is 22.6. The molecule has 5 aromatic rings. The monoisotopic (exact) mass is 482 g/mol. The largest absolute Gasteiger partial charge is 0.271 e. The number of aromatic nitrogens is 4. The smallest absolute Gasteiger partial charge is 0.245 e. The first kappa shape index (κ1) is 21.1. The lowest BCUT2D eigenvalue weighted by molar-refractivity contribution is 1.25. The second-order valence-corrected chi connectivity index (χ2v) is 8.66. The Labute approximate surface area is 215 Å². The van der Waals surface area contributed by atoms with Gasteiger partial charge in [-0.2, -0.15) is 0 Å². The molecule has 0 radical (unpaired) electrons. The van der Waals surface area contributed by atoms with Crippen molar-refractivity contribution in [2.45, 2.75) is 0 Å². The quantitative estimate of drug-likeness (QED) is 0.150. The molecule has 2 aromatic heterocycles. The maximum atomic E-state index is 9.63. The molecule has 8 nitrogen and oxygen atoms in total. The number of nitrogens with zero attached hydrogens (tertiary/aromatic N) is 8. The first-order valence-corrected chi connectivity index (χ1v) is 11.4. The fourth-order valence-electron chi connectivity index (χ4n) is 5.15. The first-order chi connectivity index (χ1) is 18.7. The molecule has 2 heterocycles. The first-order valence-electron chi connectivity index (χ1n) is 11.4. The topological polar surface area (TPSA) is 108 Å². The second kappa shape index (κ2) is 7.64. The number of benzene rings is 3. The minimum atomic E-state index is -0.0349. The molecular formula is C30H10N8. The molecule has 38 heavy (non-hydrogen) atoms. The predicted molar refractivity (Wildman–Crippen MR) is 140 cm³/mol. The molecule has 0 bridgehead atoms. The van der Waals surface area contributed by atoms with E-state index >= 15 is 0 Å². The van der Waals surface area contributed by atoms with Crippen molar-refractivity contribution in [1.29, 1.82) is 10.5 Å². The highest BCUT2D eigenvalue weighted by atomic mass is 14.9. The highest BCUT2D eigenvalue weighted by molar-refractivity contribution is 6.05. The third-order valence-electron chi connectivity index (χ3n) is 6.74. The van der Waals surface area contributed by atoms with Gasteiger partial charge in [0, 0.05) is 22.3 Å². The fourth-order valence-corrected chi connectivity index (χ4v) is 5.15. The van der Waals surface area contributed by atoms with Crippen LogP contribution >= 0.6 is 0 Å². The van der Waals surface area contributed by atoms with Crippen molar-refractivity contribution in [3.63, 3.8) is 0 Å². The molecule has 0 amide bonds. The predicted octanol–water partition coefficient (Wildman–Crippen LogP) is 5.94. The maximum absolute atomic E-state index is 9.63. The van der Waals surface area contributed by atoms with Gasteiger partial charge in [-0.15, -0.1) is 0 Å². The fraction of sp³-hybridized carbons (Fsp3) is 0. The molecule has 0 fully saturated rings. The average Bonchev–Trinajstić information content (AvgIpc) is 3.44. The average molecular weight is 482 g/mol. The van der Waals surface area contributed by atoms with Gasteiger partial charge < -0.3 is 0 Å². The Bertz CT molecular complexity index is 1990. The van der Waals surface area contributed by atoms with Gasteiger partial charge in [-0.05, 0) is 23.3 Å². The van der Waals surface area contributed by atoms with Gasteiger partial charge in [-0.25, -0.2) is 40.1 Å². The Morgan fingerprint density at radius 2 is 0.895 bits per heavy atom. The summed E-state index contributed by atoms with van der Waals surface area (Å²) in [7, 11) is 0. The third kappa shape index (κ3) is 2.69. The molecule has 0 N–H and O–H groups in total. The van der Waals surface area contributed by atoms with Crippen molar-refractivity contribution in [3.8, 4) is 34.7 Å². The number of allylic oxidation sites excluding steroid dienone is 2. The van der Waals surface area contributed by atoms with Crippen LogP contribution < -0.4 is 0 Å². The molecule has 0 spiro atoms. The van der Waals surface area contributed by atoms with Crippen LogP contribution in [0.1, 0.15) is 22.5 Å². The Morgan fingerprint density at radius 1 is 0.553 bits per heavy atom. The number of fused-ring (bicyclic) bond motifs is 8. The van der Waals surface area contributed by atoms with Crippen molar-refractivity contribution in [3.05, 3.63) is 117 Å². The van der Waals surface area contributed by atoms with Crippen molar-refractivity contribution in [2.24, 2.45) is 0 Å². The van der Waals surface area contributed by atoms with Crippen LogP contribution in [0.25, 0.3) is 65.4 Å². The Kier molecular flexibility index (Phi) is 4.24. The maximum Gasteiger partial charge on any atom is 0.271 e. The summed E-state index contributed by atoms with van der Waals surface area (Å²) in [5, 5.41) is 19.3. The van der Waals surface area contributed by atoms with Gasteiger partial charge in [0.25, 0.3) is 11.4 Å². The molecule has 0 saturated carbocycles. The summed E-state index contributed by atoms with van der Waals surface area (Å²) < 4.78 is 0. The molecule has 2 aliphatic rings. The summed E-state index contributed by atoms with van der Waals surface area (Å²) in [5.74, 6) is 0. The van der Waals surface area contributed by atoms with Crippen molar-refractivity contribution in [1.82, 2.24) is 19.9 Å². The Balaban J connectivity index is 1.54. The van der Waals surface area contributed by atoms with E-state index in [9.17, 15) is 10.5 Å². The zero-order valence-electron chi connectivity index (χ0n) is 19.4. The standard InChI is InChI=1S/C30H10N8/c1-33-23(13-31)25-15-7-3-5-9-17(15)27-29(25)37-21-11-20-22(12-19(21)35-27)38-30-26(24(14-32)34-2)16-8-4-6-10-18(16)28(30)36-20/h3-12H/b25-23-,26-24+. The normalized spacial score (nSPS) is 14.8. The lowest BCUT2D eigenvalue weighted by Crippen LogP contribution is -1.97.